The number of nitrogens with zero attached hydrogens (tertiary/aromatic N) is 2. The quantitative estimate of drug-likeness (QED) is 0.190. The van der Waals surface area contributed by atoms with Gasteiger partial charge in [0.15, 0.2) is 0 Å². The Balaban J connectivity index is 1.80. The van der Waals surface area contributed by atoms with Crippen LogP contribution in [0, 0.1) is 5.82 Å². The second kappa shape index (κ2) is 15.9. The van der Waals surface area contributed by atoms with Crippen molar-refractivity contribution >= 4 is 27.5 Å². The lowest BCUT2D eigenvalue weighted by Crippen LogP contribution is -2.53. The summed E-state index contributed by atoms with van der Waals surface area (Å²) in [6.07, 6.45) is 0.191. The molecule has 4 rings (SSSR count). The first-order chi connectivity index (χ1) is 22.2. The Labute approximate surface area is 269 Å². The highest BCUT2D eigenvalue weighted by molar-refractivity contribution is 7.92. The maximum atomic E-state index is 14.5. The Bertz CT molecular complexity index is 1700. The summed E-state index contributed by atoms with van der Waals surface area (Å²) in [5.74, 6) is -0.503. The molecule has 0 saturated carbocycles. The molecule has 4 aromatic rings. The number of hydrogen-bond donors (Lipinski definition) is 1. The van der Waals surface area contributed by atoms with Crippen LogP contribution in [0.3, 0.4) is 0 Å². The first-order valence-corrected chi connectivity index (χ1v) is 16.4. The predicted molar refractivity (Wildman–Crippen MR) is 175 cm³/mol. The molecular weight excluding hydrogens is 609 g/mol. The zero-order valence-corrected chi connectivity index (χ0v) is 26.9. The normalized spacial score (nSPS) is 11.7. The van der Waals surface area contributed by atoms with Crippen molar-refractivity contribution in [2.45, 2.75) is 37.8 Å². The van der Waals surface area contributed by atoms with Gasteiger partial charge in [0.05, 0.1) is 24.3 Å². The van der Waals surface area contributed by atoms with Crippen LogP contribution in [0.5, 0.6) is 11.5 Å². The monoisotopic (exact) mass is 647 g/mol. The van der Waals surface area contributed by atoms with Crippen LogP contribution in [0.4, 0.5) is 10.1 Å². The third-order valence-corrected chi connectivity index (χ3v) is 9.01. The molecule has 9 nitrogen and oxygen atoms in total. The highest BCUT2D eigenvalue weighted by Gasteiger charge is 2.34. The molecular formula is C35H38FN3O6S. The van der Waals surface area contributed by atoms with Gasteiger partial charge in [0.2, 0.25) is 11.8 Å². The van der Waals surface area contributed by atoms with E-state index in [0.717, 1.165) is 34.1 Å². The van der Waals surface area contributed by atoms with Crippen molar-refractivity contribution in [2.24, 2.45) is 0 Å². The maximum absolute atomic E-state index is 14.5. The number of anilines is 1. The lowest BCUT2D eigenvalue weighted by Gasteiger charge is -2.34. The lowest BCUT2D eigenvalue weighted by molar-refractivity contribution is -0.140. The van der Waals surface area contributed by atoms with E-state index >= 15 is 0 Å². The van der Waals surface area contributed by atoms with Crippen molar-refractivity contribution in [3.63, 3.8) is 0 Å². The second-order valence-corrected chi connectivity index (χ2v) is 12.2. The van der Waals surface area contributed by atoms with E-state index in [9.17, 15) is 22.4 Å². The fourth-order valence-electron chi connectivity index (χ4n) is 4.95. The number of likely N-dealkylation sites (N-methyl/N-ethyl adjacent to an activating group) is 1. The van der Waals surface area contributed by atoms with E-state index in [2.05, 4.69) is 5.32 Å². The van der Waals surface area contributed by atoms with Crippen molar-refractivity contribution < 1.29 is 31.9 Å². The average molecular weight is 648 g/mol. The average Bonchev–Trinajstić information content (AvgIpc) is 3.06. The SMILES string of the molecule is CCNC(=O)C(Cc1ccccc1)N(Cc1cccc(OC)c1)C(=O)CN(c1ccc(OCC)cc1)S(=O)(=O)c1ccc(F)cc1. The van der Waals surface area contributed by atoms with Crippen LogP contribution in [0.2, 0.25) is 0 Å². The molecule has 0 aromatic heterocycles. The fraction of sp³-hybridized carbons (Fsp3) is 0.257. The van der Waals surface area contributed by atoms with Gasteiger partial charge in [0.1, 0.15) is 29.9 Å². The summed E-state index contributed by atoms with van der Waals surface area (Å²) in [6, 6.07) is 26.1. The molecule has 0 saturated heterocycles. The molecule has 0 aliphatic rings. The highest BCUT2D eigenvalue weighted by atomic mass is 32.2. The summed E-state index contributed by atoms with van der Waals surface area (Å²) in [5.41, 5.74) is 1.70. The molecule has 0 heterocycles. The molecule has 11 heteroatoms. The van der Waals surface area contributed by atoms with Crippen molar-refractivity contribution in [2.75, 3.05) is 31.1 Å². The highest BCUT2D eigenvalue weighted by Crippen LogP contribution is 2.27. The number of ether oxygens (including phenoxy) is 2. The summed E-state index contributed by atoms with van der Waals surface area (Å²) in [6.45, 7) is 3.73. The Morgan fingerprint density at radius 1 is 0.848 bits per heavy atom. The van der Waals surface area contributed by atoms with E-state index in [0.29, 0.717) is 30.2 Å². The van der Waals surface area contributed by atoms with Crippen molar-refractivity contribution in [1.82, 2.24) is 10.2 Å². The topological polar surface area (TPSA) is 105 Å². The number of methoxy groups -OCH3 is 1. The van der Waals surface area contributed by atoms with Gasteiger partial charge in [-0.25, -0.2) is 12.8 Å². The van der Waals surface area contributed by atoms with E-state index < -0.39 is 34.3 Å². The zero-order valence-electron chi connectivity index (χ0n) is 26.1. The van der Waals surface area contributed by atoms with Crippen LogP contribution >= 0.6 is 0 Å². The third kappa shape index (κ3) is 8.63. The molecule has 0 radical (unpaired) electrons. The Hall–Kier alpha value is -4.90. The van der Waals surface area contributed by atoms with E-state index in [1.54, 1.807) is 43.3 Å². The molecule has 4 aromatic carbocycles. The van der Waals surface area contributed by atoms with Gasteiger partial charge in [-0.2, -0.15) is 0 Å². The Kier molecular flexibility index (Phi) is 11.7. The standard InChI is InChI=1S/C35H38FN3O6S/c1-4-37-35(41)33(23-26-10-7-6-8-11-26)38(24-27-12-9-13-31(22-27)44-3)34(40)25-39(29-16-18-30(19-17-29)45-5-2)46(42,43)32-20-14-28(36)15-21-32/h6-22,33H,4-5,23-25H2,1-3H3,(H,37,41). The molecule has 0 aliphatic heterocycles. The molecule has 0 fully saturated rings. The minimum absolute atomic E-state index is 0.00161. The van der Waals surface area contributed by atoms with E-state index in [1.807, 2.05) is 37.3 Å². The lowest BCUT2D eigenvalue weighted by atomic mass is 10.0. The second-order valence-electron chi connectivity index (χ2n) is 10.4. The molecule has 1 unspecified atom stereocenters. The fourth-order valence-corrected chi connectivity index (χ4v) is 6.37. The molecule has 2 amide bonds. The first-order valence-electron chi connectivity index (χ1n) is 14.9. The van der Waals surface area contributed by atoms with Gasteiger partial charge in [0.25, 0.3) is 10.0 Å². The number of hydrogen-bond acceptors (Lipinski definition) is 6. The van der Waals surface area contributed by atoms with Crippen molar-refractivity contribution in [1.29, 1.82) is 0 Å². The third-order valence-electron chi connectivity index (χ3n) is 7.23. The minimum Gasteiger partial charge on any atom is -0.497 e. The first kappa shape index (κ1) is 34.0. The summed E-state index contributed by atoms with van der Waals surface area (Å²) in [7, 11) is -2.83. The van der Waals surface area contributed by atoms with Crippen molar-refractivity contribution in [3.8, 4) is 11.5 Å². The van der Waals surface area contributed by atoms with Gasteiger partial charge in [-0.05, 0) is 85.6 Å². The van der Waals surface area contributed by atoms with Gasteiger partial charge in [0, 0.05) is 19.5 Å². The summed E-state index contributed by atoms with van der Waals surface area (Å²) < 4.78 is 53.8. The number of nitrogens with one attached hydrogen (secondary N) is 1. The number of sulfonamides is 1. The van der Waals surface area contributed by atoms with Gasteiger partial charge in [-0.15, -0.1) is 0 Å². The molecule has 1 atom stereocenters. The number of halogens is 1. The molecule has 0 bridgehead atoms. The van der Waals surface area contributed by atoms with E-state index in [1.165, 1.54) is 24.1 Å². The summed E-state index contributed by atoms with van der Waals surface area (Å²) in [4.78, 5) is 29.3. The summed E-state index contributed by atoms with van der Waals surface area (Å²) >= 11 is 0. The Morgan fingerprint density at radius 3 is 2.15 bits per heavy atom. The Morgan fingerprint density at radius 2 is 1.52 bits per heavy atom. The molecule has 242 valence electrons. The minimum atomic E-state index is -4.37. The number of amides is 2. The molecule has 0 aliphatic carbocycles. The molecule has 0 spiro atoms. The zero-order chi connectivity index (χ0) is 33.1. The number of carbonyl (C=O) groups is 2. The van der Waals surface area contributed by atoms with Crippen LogP contribution < -0.4 is 19.1 Å². The largest absolute Gasteiger partial charge is 0.497 e. The maximum Gasteiger partial charge on any atom is 0.264 e. The van der Waals surface area contributed by atoms with Gasteiger partial charge in [-0.1, -0.05) is 42.5 Å². The number of benzene rings is 4. The van der Waals surface area contributed by atoms with E-state index in [-0.39, 0.29) is 29.5 Å². The van der Waals surface area contributed by atoms with Crippen LogP contribution in [0.25, 0.3) is 0 Å². The van der Waals surface area contributed by atoms with Crippen LogP contribution in [0.15, 0.2) is 108 Å². The molecule has 46 heavy (non-hydrogen) atoms. The van der Waals surface area contributed by atoms with Crippen LogP contribution in [-0.4, -0.2) is 58.0 Å². The van der Waals surface area contributed by atoms with E-state index in [4.69, 9.17) is 9.47 Å². The predicted octanol–water partition coefficient (Wildman–Crippen LogP) is 5.20. The smallest absolute Gasteiger partial charge is 0.264 e. The summed E-state index contributed by atoms with van der Waals surface area (Å²) in [5, 5.41) is 2.84. The number of carbonyl (C=O) groups excluding carboxylic acids is 2. The molecule has 1 N–H and O–H groups in total. The van der Waals surface area contributed by atoms with Gasteiger partial charge < -0.3 is 19.7 Å². The number of rotatable bonds is 15. The van der Waals surface area contributed by atoms with Crippen LogP contribution in [-0.2, 0) is 32.6 Å². The van der Waals surface area contributed by atoms with Gasteiger partial charge in [-0.3, -0.25) is 13.9 Å². The van der Waals surface area contributed by atoms with Crippen molar-refractivity contribution in [3.05, 3.63) is 120 Å². The van der Waals surface area contributed by atoms with Crippen LogP contribution in [0.1, 0.15) is 25.0 Å². The van der Waals surface area contributed by atoms with Gasteiger partial charge >= 0.3 is 0 Å².